The first kappa shape index (κ1) is 7.74. The predicted octanol–water partition coefficient (Wildman–Crippen LogP) is 2.96. The van der Waals surface area contributed by atoms with E-state index in [0.717, 1.165) is 12.8 Å². The predicted molar refractivity (Wildman–Crippen MR) is 38.6 cm³/mol. The van der Waals surface area contributed by atoms with Crippen LogP contribution in [0, 0.1) is 6.42 Å². The van der Waals surface area contributed by atoms with Crippen molar-refractivity contribution in [1.29, 1.82) is 0 Å². The molecule has 0 saturated carbocycles. The van der Waals surface area contributed by atoms with Gasteiger partial charge in [-0.15, -0.1) is 0 Å². The molecule has 0 fully saturated rings. The molecule has 0 bridgehead atoms. The Bertz CT molecular complexity index is 53.1. The maximum Gasteiger partial charge on any atom is -0.0320 e. The van der Waals surface area contributed by atoms with Crippen LogP contribution < -0.4 is 0 Å². The molecule has 0 aliphatic rings. The first-order chi connectivity index (χ1) is 3.91. The van der Waals surface area contributed by atoms with E-state index >= 15 is 0 Å². The number of unbranched alkanes of at least 4 members (excludes halogenated alkanes) is 2. The van der Waals surface area contributed by atoms with Crippen LogP contribution in [0.15, 0.2) is 12.2 Å². The summed E-state index contributed by atoms with van der Waals surface area (Å²) in [7, 11) is 0. The first-order valence-electron chi connectivity index (χ1n) is 3.38. The summed E-state index contributed by atoms with van der Waals surface area (Å²) in [6.45, 7) is 4.32. The van der Waals surface area contributed by atoms with E-state index in [9.17, 15) is 0 Å². The van der Waals surface area contributed by atoms with E-state index in [1.165, 1.54) is 6.42 Å². The molecule has 0 heterocycles. The van der Waals surface area contributed by atoms with Crippen LogP contribution in [0.1, 0.15) is 33.1 Å². The van der Waals surface area contributed by atoms with Crippen molar-refractivity contribution in [2.24, 2.45) is 0 Å². The van der Waals surface area contributed by atoms with Crippen LogP contribution in [-0.2, 0) is 0 Å². The summed E-state index contributed by atoms with van der Waals surface area (Å²) in [5.41, 5.74) is 0. The van der Waals surface area contributed by atoms with Gasteiger partial charge < -0.3 is 0 Å². The van der Waals surface area contributed by atoms with Crippen LogP contribution in [0.2, 0.25) is 0 Å². The molecule has 1 radical (unpaired) electrons. The van der Waals surface area contributed by atoms with Gasteiger partial charge in [-0.25, -0.2) is 0 Å². The molecule has 0 saturated heterocycles. The fourth-order valence-electron chi connectivity index (χ4n) is 0.526. The van der Waals surface area contributed by atoms with Gasteiger partial charge in [-0.3, -0.25) is 0 Å². The van der Waals surface area contributed by atoms with Gasteiger partial charge in [-0.1, -0.05) is 32.4 Å². The summed E-state index contributed by atoms with van der Waals surface area (Å²) in [6.07, 6.45) is 10.2. The molecular weight excluding hydrogens is 96.1 g/mol. The monoisotopic (exact) mass is 111 g/mol. The number of hydrogen-bond acceptors (Lipinski definition) is 0. The van der Waals surface area contributed by atoms with Crippen molar-refractivity contribution in [2.75, 3.05) is 0 Å². The van der Waals surface area contributed by atoms with Gasteiger partial charge in [0.05, 0.1) is 0 Å². The minimum absolute atomic E-state index is 1.14. The lowest BCUT2D eigenvalue weighted by molar-refractivity contribution is 1.02. The summed E-state index contributed by atoms with van der Waals surface area (Å²) in [4.78, 5) is 0. The van der Waals surface area contributed by atoms with Crippen molar-refractivity contribution >= 4 is 0 Å². The Balaban J connectivity index is 2.80. The SMILES string of the molecule is CC[CH]CC=CCC. The van der Waals surface area contributed by atoms with Gasteiger partial charge in [-0.2, -0.15) is 0 Å². The molecular formula is C8H15. The summed E-state index contributed by atoms with van der Waals surface area (Å²) < 4.78 is 0. The normalized spacial score (nSPS) is 10.8. The molecule has 47 valence electrons. The molecule has 0 aliphatic carbocycles. The largest absolute Gasteiger partial charge is 0.0888 e. The van der Waals surface area contributed by atoms with Crippen molar-refractivity contribution in [3.05, 3.63) is 18.6 Å². The number of allylic oxidation sites excluding steroid dienone is 2. The Morgan fingerprint density at radius 3 is 2.25 bits per heavy atom. The smallest absolute Gasteiger partial charge is 0.0320 e. The third kappa shape index (κ3) is 5.74. The van der Waals surface area contributed by atoms with Gasteiger partial charge >= 0.3 is 0 Å². The van der Waals surface area contributed by atoms with E-state index in [0.29, 0.717) is 0 Å². The van der Waals surface area contributed by atoms with E-state index in [4.69, 9.17) is 0 Å². The van der Waals surface area contributed by atoms with Crippen LogP contribution in [0.4, 0.5) is 0 Å². The molecule has 0 unspecified atom stereocenters. The molecule has 0 spiro atoms. The Kier molecular flexibility index (Phi) is 6.52. The molecule has 0 atom stereocenters. The quantitative estimate of drug-likeness (QED) is 0.386. The molecule has 0 aromatic rings. The molecule has 0 heteroatoms. The van der Waals surface area contributed by atoms with E-state index in [-0.39, 0.29) is 0 Å². The van der Waals surface area contributed by atoms with Gasteiger partial charge in [-0.05, 0) is 19.3 Å². The van der Waals surface area contributed by atoms with Crippen molar-refractivity contribution in [2.45, 2.75) is 33.1 Å². The van der Waals surface area contributed by atoms with Gasteiger partial charge in [0, 0.05) is 0 Å². The van der Waals surface area contributed by atoms with Crippen LogP contribution in [0.25, 0.3) is 0 Å². The third-order valence-corrected chi connectivity index (χ3v) is 0.994. The summed E-state index contributed by atoms with van der Waals surface area (Å²) in [5, 5.41) is 0. The van der Waals surface area contributed by atoms with Crippen LogP contribution in [0.3, 0.4) is 0 Å². The second-order valence-corrected chi connectivity index (χ2v) is 1.81. The van der Waals surface area contributed by atoms with Crippen LogP contribution in [-0.4, -0.2) is 0 Å². The van der Waals surface area contributed by atoms with Gasteiger partial charge in [0.25, 0.3) is 0 Å². The molecule has 0 aromatic carbocycles. The Hall–Kier alpha value is -0.260. The minimum Gasteiger partial charge on any atom is -0.0888 e. The van der Waals surface area contributed by atoms with Gasteiger partial charge in [0.2, 0.25) is 0 Å². The van der Waals surface area contributed by atoms with E-state index < -0.39 is 0 Å². The van der Waals surface area contributed by atoms with E-state index in [1.54, 1.807) is 0 Å². The summed E-state index contributed by atoms with van der Waals surface area (Å²) in [5.74, 6) is 0. The highest BCUT2D eigenvalue weighted by molar-refractivity contribution is 4.85. The highest BCUT2D eigenvalue weighted by Crippen LogP contribution is 1.93. The van der Waals surface area contributed by atoms with E-state index in [1.807, 2.05) is 0 Å². The topological polar surface area (TPSA) is 0 Å². The first-order valence-corrected chi connectivity index (χ1v) is 3.38. The molecule has 0 amide bonds. The molecule has 0 aliphatic heterocycles. The lowest BCUT2D eigenvalue weighted by atomic mass is 10.2. The number of hydrogen-bond donors (Lipinski definition) is 0. The van der Waals surface area contributed by atoms with Crippen LogP contribution >= 0.6 is 0 Å². The average molecular weight is 111 g/mol. The lowest BCUT2D eigenvalue weighted by Crippen LogP contribution is -1.66. The van der Waals surface area contributed by atoms with E-state index in [2.05, 4.69) is 32.4 Å². The fraction of sp³-hybridized carbons (Fsp3) is 0.625. The minimum atomic E-state index is 1.14. The standard InChI is InChI=1S/C8H15/c1-3-5-7-8-6-4-2/h5-7H,3-4,8H2,1-2H3. The zero-order chi connectivity index (χ0) is 6.24. The van der Waals surface area contributed by atoms with Crippen molar-refractivity contribution in [1.82, 2.24) is 0 Å². The average Bonchev–Trinajstić information content (AvgIpc) is 1.81. The zero-order valence-electron chi connectivity index (χ0n) is 5.85. The number of rotatable bonds is 4. The maximum absolute atomic E-state index is 2.27. The highest BCUT2D eigenvalue weighted by Gasteiger charge is 1.75. The van der Waals surface area contributed by atoms with Gasteiger partial charge in [0.15, 0.2) is 0 Å². The Morgan fingerprint density at radius 1 is 1.00 bits per heavy atom. The maximum atomic E-state index is 2.27. The Labute approximate surface area is 52.6 Å². The molecule has 0 nitrogen and oxygen atoms in total. The second kappa shape index (κ2) is 6.74. The fourth-order valence-corrected chi connectivity index (χ4v) is 0.526. The molecule has 0 aromatic heterocycles. The second-order valence-electron chi connectivity index (χ2n) is 1.81. The van der Waals surface area contributed by atoms with Gasteiger partial charge in [0.1, 0.15) is 0 Å². The van der Waals surface area contributed by atoms with Crippen molar-refractivity contribution in [3.63, 3.8) is 0 Å². The zero-order valence-corrected chi connectivity index (χ0v) is 5.85. The third-order valence-electron chi connectivity index (χ3n) is 0.994. The van der Waals surface area contributed by atoms with Crippen LogP contribution in [0.5, 0.6) is 0 Å². The van der Waals surface area contributed by atoms with Crippen molar-refractivity contribution < 1.29 is 0 Å². The Morgan fingerprint density at radius 2 is 1.75 bits per heavy atom. The lowest BCUT2D eigenvalue weighted by Gasteiger charge is -1.84. The highest BCUT2D eigenvalue weighted by atomic mass is 13.8. The summed E-state index contributed by atoms with van der Waals surface area (Å²) >= 11 is 0. The molecule has 8 heavy (non-hydrogen) atoms. The summed E-state index contributed by atoms with van der Waals surface area (Å²) in [6, 6.07) is 0. The van der Waals surface area contributed by atoms with Crippen molar-refractivity contribution in [3.8, 4) is 0 Å². The molecule has 0 N–H and O–H groups in total. The molecule has 0 rings (SSSR count).